The highest BCUT2D eigenvalue weighted by Crippen LogP contribution is 2.40. The maximum absolute atomic E-state index is 13.5. The van der Waals surface area contributed by atoms with Crippen LogP contribution in [0, 0.1) is 0 Å². The van der Waals surface area contributed by atoms with E-state index in [0.717, 1.165) is 28.5 Å². The second kappa shape index (κ2) is 10.8. The van der Waals surface area contributed by atoms with Crippen LogP contribution in [0.15, 0.2) is 29.1 Å². The molecule has 0 bridgehead atoms. The van der Waals surface area contributed by atoms with Crippen LogP contribution in [0.3, 0.4) is 0 Å². The number of nitrogens with one attached hydrogen (secondary N) is 1. The number of hydrogen-bond donors (Lipinski definition) is 3. The standard InChI is InChI=1S/C29H34N4O6/c1-3-18-19-13-17(38-12-6-11-31-25(34)7-5-10-30)8-9-23(19)32-26-20(18)15-33-24(26)14-22-21(27(33)35)16-39-28(36)29(22,37)4-2/h8-9,13-14,37H,3-7,10-12,15-16,30H2,1-2H3,(H,31,34)/t29-/m0/s1. The van der Waals surface area contributed by atoms with E-state index < -0.39 is 11.6 Å². The number of benzene rings is 1. The number of aromatic nitrogens is 2. The van der Waals surface area contributed by atoms with Crippen LogP contribution in [0.25, 0.3) is 22.3 Å². The molecule has 0 aliphatic carbocycles. The van der Waals surface area contributed by atoms with Gasteiger partial charge < -0.3 is 30.2 Å². The fourth-order valence-corrected chi connectivity index (χ4v) is 5.48. The van der Waals surface area contributed by atoms with E-state index in [1.807, 2.05) is 18.2 Å². The average Bonchev–Trinajstić information content (AvgIpc) is 3.31. The van der Waals surface area contributed by atoms with Crippen LogP contribution in [0.1, 0.15) is 61.8 Å². The van der Waals surface area contributed by atoms with Crippen LogP contribution in [0.2, 0.25) is 0 Å². The Morgan fingerprint density at radius 2 is 2.05 bits per heavy atom. The average molecular weight is 535 g/mol. The minimum absolute atomic E-state index is 0.00174. The summed E-state index contributed by atoms with van der Waals surface area (Å²) in [5, 5.41) is 14.9. The summed E-state index contributed by atoms with van der Waals surface area (Å²) in [6, 6.07) is 7.47. The largest absolute Gasteiger partial charge is 0.494 e. The first-order chi connectivity index (χ1) is 18.8. The van der Waals surface area contributed by atoms with Gasteiger partial charge in [-0.15, -0.1) is 0 Å². The lowest BCUT2D eigenvalue weighted by Crippen LogP contribution is -2.44. The molecule has 1 aromatic carbocycles. The van der Waals surface area contributed by atoms with Gasteiger partial charge in [0.25, 0.3) is 5.56 Å². The van der Waals surface area contributed by atoms with Crippen molar-refractivity contribution in [2.45, 2.75) is 64.7 Å². The third-order valence-electron chi connectivity index (χ3n) is 7.65. The number of rotatable bonds is 10. The third kappa shape index (κ3) is 4.68. The molecule has 0 saturated carbocycles. The van der Waals surface area contributed by atoms with E-state index in [1.54, 1.807) is 17.6 Å². The van der Waals surface area contributed by atoms with E-state index in [0.29, 0.717) is 73.8 Å². The summed E-state index contributed by atoms with van der Waals surface area (Å²) in [5.41, 5.74) is 8.02. The van der Waals surface area contributed by atoms with E-state index in [-0.39, 0.29) is 24.5 Å². The molecule has 4 heterocycles. The normalized spacial score (nSPS) is 17.4. The Labute approximate surface area is 226 Å². The molecule has 3 aromatic rings. The number of aliphatic hydroxyl groups is 1. The first kappa shape index (κ1) is 26.8. The van der Waals surface area contributed by atoms with Crippen molar-refractivity contribution in [3.63, 3.8) is 0 Å². The fraction of sp³-hybridized carbons (Fsp3) is 0.448. The summed E-state index contributed by atoms with van der Waals surface area (Å²) >= 11 is 0. The number of nitrogens with zero attached hydrogens (tertiary/aromatic N) is 2. The number of nitrogens with two attached hydrogens (primary N) is 1. The van der Waals surface area contributed by atoms with Crippen LogP contribution in [-0.4, -0.2) is 46.2 Å². The number of ether oxygens (including phenoxy) is 2. The van der Waals surface area contributed by atoms with Crippen molar-refractivity contribution in [1.29, 1.82) is 0 Å². The number of fused-ring (bicyclic) bond motifs is 5. The third-order valence-corrected chi connectivity index (χ3v) is 7.65. The molecule has 0 unspecified atom stereocenters. The number of amides is 1. The van der Waals surface area contributed by atoms with Gasteiger partial charge in [-0.05, 0) is 62.1 Å². The van der Waals surface area contributed by atoms with E-state index in [2.05, 4.69) is 12.2 Å². The summed E-state index contributed by atoms with van der Waals surface area (Å²) < 4.78 is 12.8. The van der Waals surface area contributed by atoms with E-state index >= 15 is 0 Å². The van der Waals surface area contributed by atoms with Gasteiger partial charge in [0.1, 0.15) is 12.4 Å². The Morgan fingerprint density at radius 1 is 1.23 bits per heavy atom. The summed E-state index contributed by atoms with van der Waals surface area (Å²) in [6.45, 7) is 5.45. The molecule has 2 aliphatic rings. The molecule has 10 heteroatoms. The molecular formula is C29H34N4O6. The summed E-state index contributed by atoms with van der Waals surface area (Å²) in [5.74, 6) is -0.0272. The molecule has 39 heavy (non-hydrogen) atoms. The lowest BCUT2D eigenvalue weighted by molar-refractivity contribution is -0.172. The van der Waals surface area contributed by atoms with E-state index in [4.69, 9.17) is 20.2 Å². The number of hydrogen-bond acceptors (Lipinski definition) is 8. The summed E-state index contributed by atoms with van der Waals surface area (Å²) in [4.78, 5) is 42.5. The molecule has 1 amide bonds. The van der Waals surface area contributed by atoms with Crippen LogP contribution in [0.5, 0.6) is 5.75 Å². The number of carbonyl (C=O) groups is 2. The molecule has 1 atom stereocenters. The van der Waals surface area contributed by atoms with Crippen molar-refractivity contribution < 1.29 is 24.2 Å². The summed E-state index contributed by atoms with van der Waals surface area (Å²) in [7, 11) is 0. The van der Waals surface area contributed by atoms with Crippen molar-refractivity contribution in [2.75, 3.05) is 19.7 Å². The molecule has 0 spiro atoms. The van der Waals surface area contributed by atoms with Crippen molar-refractivity contribution in [3.05, 3.63) is 56.9 Å². The maximum Gasteiger partial charge on any atom is 0.343 e. The van der Waals surface area contributed by atoms with Crippen LogP contribution in [0.4, 0.5) is 0 Å². The van der Waals surface area contributed by atoms with Gasteiger partial charge in [-0.25, -0.2) is 9.78 Å². The molecule has 2 aromatic heterocycles. The van der Waals surface area contributed by atoms with Gasteiger partial charge in [-0.2, -0.15) is 0 Å². The zero-order chi connectivity index (χ0) is 27.7. The Bertz CT molecular complexity index is 1510. The van der Waals surface area contributed by atoms with Gasteiger partial charge in [0, 0.05) is 29.5 Å². The monoisotopic (exact) mass is 534 g/mol. The molecule has 5 rings (SSSR count). The second-order valence-electron chi connectivity index (χ2n) is 10.00. The number of carbonyl (C=O) groups excluding carboxylic acids is 2. The van der Waals surface area contributed by atoms with E-state index in [9.17, 15) is 19.5 Å². The van der Waals surface area contributed by atoms with Gasteiger partial charge in [0.2, 0.25) is 5.91 Å². The number of cyclic esters (lactones) is 1. The molecular weight excluding hydrogens is 500 g/mol. The van der Waals surface area contributed by atoms with Crippen molar-refractivity contribution >= 4 is 22.8 Å². The quantitative estimate of drug-likeness (QED) is 0.207. The van der Waals surface area contributed by atoms with Gasteiger partial charge >= 0.3 is 5.97 Å². The molecule has 4 N–H and O–H groups in total. The molecule has 10 nitrogen and oxygen atoms in total. The number of pyridine rings is 2. The van der Waals surface area contributed by atoms with Crippen LogP contribution in [-0.2, 0) is 39.5 Å². The minimum atomic E-state index is -1.85. The molecule has 2 aliphatic heterocycles. The zero-order valence-electron chi connectivity index (χ0n) is 22.3. The molecule has 0 saturated heterocycles. The van der Waals surface area contributed by atoms with Gasteiger partial charge in [0.15, 0.2) is 5.60 Å². The Balaban J connectivity index is 1.42. The van der Waals surface area contributed by atoms with Crippen LogP contribution >= 0.6 is 0 Å². The second-order valence-corrected chi connectivity index (χ2v) is 10.00. The van der Waals surface area contributed by atoms with Crippen LogP contribution < -0.4 is 21.3 Å². The lowest BCUT2D eigenvalue weighted by atomic mass is 9.86. The summed E-state index contributed by atoms with van der Waals surface area (Å²) in [6.07, 6.45) is 2.61. The SMILES string of the molecule is CCc1c2c(nc3ccc(OCCCNC(=O)CCCN)cc13)-c1cc3c(c(=O)n1C2)COC(=O)[C@]3(O)CC. The van der Waals surface area contributed by atoms with E-state index in [1.165, 1.54) is 0 Å². The Morgan fingerprint density at radius 3 is 2.79 bits per heavy atom. The van der Waals surface area contributed by atoms with Gasteiger partial charge in [-0.3, -0.25) is 9.59 Å². The minimum Gasteiger partial charge on any atom is -0.494 e. The number of aryl methyl sites for hydroxylation is 1. The van der Waals surface area contributed by atoms with Crippen molar-refractivity contribution in [2.24, 2.45) is 5.73 Å². The highest BCUT2D eigenvalue weighted by Gasteiger charge is 2.45. The highest BCUT2D eigenvalue weighted by atomic mass is 16.6. The lowest BCUT2D eigenvalue weighted by Gasteiger charge is -2.31. The highest BCUT2D eigenvalue weighted by molar-refractivity contribution is 5.90. The van der Waals surface area contributed by atoms with Crippen molar-refractivity contribution in [3.8, 4) is 17.1 Å². The first-order valence-electron chi connectivity index (χ1n) is 13.5. The zero-order valence-corrected chi connectivity index (χ0v) is 22.3. The molecule has 0 fully saturated rings. The predicted molar refractivity (Wildman–Crippen MR) is 145 cm³/mol. The van der Waals surface area contributed by atoms with Gasteiger partial charge in [0.05, 0.1) is 35.6 Å². The Hall–Kier alpha value is -3.76. The maximum atomic E-state index is 13.5. The smallest absolute Gasteiger partial charge is 0.343 e. The fourth-order valence-electron chi connectivity index (χ4n) is 5.48. The predicted octanol–water partition coefficient (Wildman–Crippen LogP) is 2.27. The van der Waals surface area contributed by atoms with Crippen molar-refractivity contribution in [1.82, 2.24) is 14.9 Å². The van der Waals surface area contributed by atoms with Gasteiger partial charge in [-0.1, -0.05) is 13.8 Å². The number of esters is 1. The Kier molecular flexibility index (Phi) is 7.42. The first-order valence-corrected chi connectivity index (χ1v) is 13.5. The molecule has 206 valence electrons. The topological polar surface area (TPSA) is 146 Å². The molecule has 0 radical (unpaired) electrons.